The van der Waals surface area contributed by atoms with Crippen LogP contribution in [0.3, 0.4) is 0 Å². The Labute approximate surface area is 138 Å². The van der Waals surface area contributed by atoms with Crippen molar-refractivity contribution in [1.82, 2.24) is 4.72 Å². The Kier molecular flexibility index (Phi) is 5.96. The van der Waals surface area contributed by atoms with Gasteiger partial charge in [0, 0.05) is 24.2 Å². The van der Waals surface area contributed by atoms with Gasteiger partial charge in [-0.1, -0.05) is 15.9 Å². The number of hydrogen-bond donors (Lipinski definition) is 2. The van der Waals surface area contributed by atoms with E-state index >= 15 is 0 Å². The van der Waals surface area contributed by atoms with Crippen LogP contribution in [0.2, 0.25) is 0 Å². The maximum atomic E-state index is 12.2. The lowest BCUT2D eigenvalue weighted by molar-refractivity contribution is -0.144. The van der Waals surface area contributed by atoms with E-state index < -0.39 is 21.9 Å². The summed E-state index contributed by atoms with van der Waals surface area (Å²) in [7, 11) is -3.71. The summed E-state index contributed by atoms with van der Waals surface area (Å²) < 4.78 is 32.8. The molecule has 1 heterocycles. The Morgan fingerprint density at radius 3 is 2.45 bits per heavy atom. The molecule has 2 rings (SSSR count). The smallest absolute Gasteiger partial charge is 0.308 e. The number of aliphatic carboxylic acids is 1. The first-order valence-corrected chi connectivity index (χ1v) is 9.23. The number of carbonyl (C=O) groups is 1. The van der Waals surface area contributed by atoms with Gasteiger partial charge in [-0.15, -0.1) is 0 Å². The molecule has 1 saturated heterocycles. The Hall–Kier alpha value is -0.960. The molecule has 0 bridgehead atoms. The molecule has 22 heavy (non-hydrogen) atoms. The minimum Gasteiger partial charge on any atom is -0.481 e. The normalized spacial score (nSPS) is 18.0. The molecule has 1 aliphatic heterocycles. The number of carboxylic acids is 1. The van der Waals surface area contributed by atoms with Crippen molar-refractivity contribution in [3.63, 3.8) is 0 Å². The van der Waals surface area contributed by atoms with E-state index in [0.29, 0.717) is 26.1 Å². The van der Waals surface area contributed by atoms with E-state index in [2.05, 4.69) is 20.7 Å². The summed E-state index contributed by atoms with van der Waals surface area (Å²) in [5.74, 6) is -1.79. The third-order valence-electron chi connectivity index (χ3n) is 3.77. The Bertz CT molecular complexity index is 611. The lowest BCUT2D eigenvalue weighted by Crippen LogP contribution is -2.38. The van der Waals surface area contributed by atoms with Crippen LogP contribution in [-0.4, -0.2) is 39.3 Å². The Morgan fingerprint density at radius 2 is 1.91 bits per heavy atom. The van der Waals surface area contributed by atoms with Crippen LogP contribution in [-0.2, 0) is 19.6 Å². The number of benzene rings is 1. The second-order valence-corrected chi connectivity index (χ2v) is 7.88. The summed E-state index contributed by atoms with van der Waals surface area (Å²) >= 11 is 3.24. The molecule has 0 aliphatic carbocycles. The molecule has 0 radical (unpaired) electrons. The van der Waals surface area contributed by atoms with E-state index in [-0.39, 0.29) is 17.4 Å². The summed E-state index contributed by atoms with van der Waals surface area (Å²) in [5, 5.41) is 9.35. The van der Waals surface area contributed by atoms with Gasteiger partial charge < -0.3 is 9.84 Å². The molecule has 122 valence electrons. The molecule has 0 saturated carbocycles. The predicted molar refractivity (Wildman–Crippen MR) is 84.0 cm³/mol. The van der Waals surface area contributed by atoms with E-state index in [1.807, 2.05) is 0 Å². The van der Waals surface area contributed by atoms with Crippen LogP contribution in [0.1, 0.15) is 12.8 Å². The van der Waals surface area contributed by atoms with Crippen LogP contribution < -0.4 is 4.72 Å². The standard InChI is InChI=1S/C14H18BrNO5S/c15-11-1-3-12(4-2-11)22(19,20)16-9-13(14(17)18)10-5-7-21-8-6-10/h1-4,10,13,16H,5-9H2,(H,17,18). The average Bonchev–Trinajstić information content (AvgIpc) is 2.48. The van der Waals surface area contributed by atoms with Crippen molar-refractivity contribution in [2.45, 2.75) is 17.7 Å². The van der Waals surface area contributed by atoms with Crippen molar-refractivity contribution in [3.8, 4) is 0 Å². The summed E-state index contributed by atoms with van der Waals surface area (Å²) in [5.41, 5.74) is 0. The second-order valence-electron chi connectivity index (χ2n) is 5.20. The molecule has 1 aliphatic rings. The van der Waals surface area contributed by atoms with Crippen LogP contribution in [0.5, 0.6) is 0 Å². The van der Waals surface area contributed by atoms with Crippen LogP contribution in [0.15, 0.2) is 33.6 Å². The molecule has 0 aromatic heterocycles. The highest BCUT2D eigenvalue weighted by Crippen LogP contribution is 2.24. The second kappa shape index (κ2) is 7.54. The van der Waals surface area contributed by atoms with Crippen LogP contribution >= 0.6 is 15.9 Å². The predicted octanol–water partition coefficient (Wildman–Crippen LogP) is 1.85. The van der Waals surface area contributed by atoms with Gasteiger partial charge in [0.2, 0.25) is 10.0 Å². The molecule has 1 aromatic rings. The molecule has 1 fully saturated rings. The summed E-state index contributed by atoms with van der Waals surface area (Å²) in [6.07, 6.45) is 1.27. The van der Waals surface area contributed by atoms with Crippen molar-refractivity contribution in [2.24, 2.45) is 11.8 Å². The largest absolute Gasteiger partial charge is 0.481 e. The lowest BCUT2D eigenvalue weighted by Gasteiger charge is -2.27. The molecule has 0 amide bonds. The number of carboxylic acid groups (broad SMARTS) is 1. The van der Waals surface area contributed by atoms with Gasteiger partial charge in [0.15, 0.2) is 0 Å². The first kappa shape index (κ1) is 17.4. The summed E-state index contributed by atoms with van der Waals surface area (Å²) in [6, 6.07) is 6.19. The molecule has 6 nitrogen and oxygen atoms in total. The number of hydrogen-bond acceptors (Lipinski definition) is 4. The van der Waals surface area contributed by atoms with Gasteiger partial charge in [-0.3, -0.25) is 4.79 Å². The van der Waals surface area contributed by atoms with Gasteiger partial charge in [-0.25, -0.2) is 13.1 Å². The highest BCUT2D eigenvalue weighted by atomic mass is 79.9. The zero-order valence-corrected chi connectivity index (χ0v) is 14.3. The van der Waals surface area contributed by atoms with Crippen molar-refractivity contribution in [1.29, 1.82) is 0 Å². The SMILES string of the molecule is O=C(O)C(CNS(=O)(=O)c1ccc(Br)cc1)C1CCOCC1. The van der Waals surface area contributed by atoms with Gasteiger partial charge in [-0.05, 0) is 43.0 Å². The molecular weight excluding hydrogens is 374 g/mol. The molecule has 1 atom stereocenters. The van der Waals surface area contributed by atoms with Crippen LogP contribution in [0.25, 0.3) is 0 Å². The maximum Gasteiger partial charge on any atom is 0.308 e. The highest BCUT2D eigenvalue weighted by Gasteiger charge is 2.31. The lowest BCUT2D eigenvalue weighted by atomic mass is 9.86. The molecule has 1 unspecified atom stereocenters. The fourth-order valence-corrected chi connectivity index (χ4v) is 3.79. The number of halogens is 1. The molecule has 1 aromatic carbocycles. The van der Waals surface area contributed by atoms with E-state index in [4.69, 9.17) is 4.74 Å². The zero-order chi connectivity index (χ0) is 16.2. The third-order valence-corrected chi connectivity index (χ3v) is 5.74. The van der Waals surface area contributed by atoms with Gasteiger partial charge in [0.25, 0.3) is 0 Å². The van der Waals surface area contributed by atoms with Crippen molar-refractivity contribution in [2.75, 3.05) is 19.8 Å². The van der Waals surface area contributed by atoms with Crippen molar-refractivity contribution >= 4 is 31.9 Å². The van der Waals surface area contributed by atoms with Crippen molar-refractivity contribution < 1.29 is 23.1 Å². The number of rotatable bonds is 6. The van der Waals surface area contributed by atoms with E-state index in [1.54, 1.807) is 12.1 Å². The molecule has 0 spiro atoms. The number of nitrogens with one attached hydrogen (secondary N) is 1. The zero-order valence-electron chi connectivity index (χ0n) is 11.9. The van der Waals surface area contributed by atoms with E-state index in [1.165, 1.54) is 12.1 Å². The highest BCUT2D eigenvalue weighted by molar-refractivity contribution is 9.10. The van der Waals surface area contributed by atoms with Gasteiger partial charge in [-0.2, -0.15) is 0 Å². The minimum atomic E-state index is -3.71. The third kappa shape index (κ3) is 4.52. The van der Waals surface area contributed by atoms with E-state index in [0.717, 1.165) is 4.47 Å². The first-order chi connectivity index (χ1) is 10.4. The van der Waals surface area contributed by atoms with Gasteiger partial charge in [0.05, 0.1) is 10.8 Å². The van der Waals surface area contributed by atoms with Gasteiger partial charge in [0.1, 0.15) is 0 Å². The Balaban J connectivity index is 2.04. The topological polar surface area (TPSA) is 92.7 Å². The summed E-state index contributed by atoms with van der Waals surface area (Å²) in [6.45, 7) is 0.931. The van der Waals surface area contributed by atoms with Gasteiger partial charge >= 0.3 is 5.97 Å². The average molecular weight is 392 g/mol. The molecular formula is C14H18BrNO5S. The van der Waals surface area contributed by atoms with E-state index in [9.17, 15) is 18.3 Å². The maximum absolute atomic E-state index is 12.2. The number of ether oxygens (including phenoxy) is 1. The van der Waals surface area contributed by atoms with Crippen molar-refractivity contribution in [3.05, 3.63) is 28.7 Å². The van der Waals surface area contributed by atoms with Crippen LogP contribution in [0.4, 0.5) is 0 Å². The monoisotopic (exact) mass is 391 g/mol. The Morgan fingerprint density at radius 1 is 1.32 bits per heavy atom. The van der Waals surface area contributed by atoms with Crippen LogP contribution in [0, 0.1) is 11.8 Å². The molecule has 8 heteroatoms. The quantitative estimate of drug-likeness (QED) is 0.771. The first-order valence-electron chi connectivity index (χ1n) is 6.96. The number of sulfonamides is 1. The molecule has 2 N–H and O–H groups in total. The fraction of sp³-hybridized carbons (Fsp3) is 0.500. The minimum absolute atomic E-state index is 0.0705. The fourth-order valence-electron chi connectivity index (χ4n) is 2.47. The summed E-state index contributed by atoms with van der Waals surface area (Å²) in [4.78, 5) is 11.5.